The maximum absolute atomic E-state index is 12.9. The van der Waals surface area contributed by atoms with Gasteiger partial charge in [-0.2, -0.15) is 0 Å². The minimum Gasteiger partial charge on any atom is -0.469 e. The lowest BCUT2D eigenvalue weighted by Crippen LogP contribution is -3.17. The first-order valence-corrected chi connectivity index (χ1v) is 9.92. The second-order valence-electron chi connectivity index (χ2n) is 9.19. The van der Waals surface area contributed by atoms with Gasteiger partial charge in [0, 0.05) is 17.5 Å². The highest BCUT2D eigenvalue weighted by molar-refractivity contribution is 5.81. The summed E-state index contributed by atoms with van der Waals surface area (Å²) in [5.74, 6) is 0.492. The molecule has 0 radical (unpaired) electrons. The lowest BCUT2D eigenvalue weighted by atomic mass is 9.56. The van der Waals surface area contributed by atoms with Crippen LogP contribution in [0.3, 0.4) is 0 Å². The van der Waals surface area contributed by atoms with Crippen molar-refractivity contribution in [3.8, 4) is 0 Å². The molecule has 6 rings (SSSR count). The van der Waals surface area contributed by atoms with E-state index in [1.54, 1.807) is 7.11 Å². The van der Waals surface area contributed by atoms with Crippen molar-refractivity contribution >= 4 is 11.7 Å². The highest BCUT2D eigenvalue weighted by Crippen LogP contribution is 2.77. The lowest BCUT2D eigenvalue weighted by Gasteiger charge is -2.49. The molecule has 0 amide bonds. The summed E-state index contributed by atoms with van der Waals surface area (Å²) in [7, 11) is 1.56. The number of rotatable bonds is 1. The van der Waals surface area contributed by atoms with E-state index in [9.17, 15) is 4.79 Å². The maximum atomic E-state index is 12.9. The smallest absolute Gasteiger partial charge is 0.311 e. The summed E-state index contributed by atoms with van der Waals surface area (Å²) in [5, 5.41) is 3.97. The number of methoxy groups -OCH3 is 1. The standard InChI is InChI=1S/C21H26N2O2/c1-13-19-8-5-10-23-11-9-20(18(19)23)14-6-3-4-7-16(14)22-21(13,20)15(12-19)17(24)25-2/h3-4,6-7,13,15,18,22H,5,8-12H2,1-2H3/p+1/t13-,15-,18+,19+,20-,21-/m1/s1. The molecule has 7 atom stereocenters. The Morgan fingerprint density at radius 3 is 2.96 bits per heavy atom. The zero-order chi connectivity index (χ0) is 17.0. The van der Waals surface area contributed by atoms with E-state index < -0.39 is 0 Å². The van der Waals surface area contributed by atoms with Crippen LogP contribution in [-0.2, 0) is 14.9 Å². The predicted octanol–water partition coefficient (Wildman–Crippen LogP) is 1.37. The number of fused-ring (bicyclic) bond motifs is 1. The monoisotopic (exact) mass is 339 g/mol. The Hall–Kier alpha value is -1.55. The average Bonchev–Trinajstić information content (AvgIpc) is 3.29. The van der Waals surface area contributed by atoms with Gasteiger partial charge in [0.1, 0.15) is 6.04 Å². The van der Waals surface area contributed by atoms with Gasteiger partial charge in [-0.25, -0.2) is 0 Å². The molecule has 2 saturated heterocycles. The normalized spacial score (nSPS) is 50.8. The molecule has 132 valence electrons. The van der Waals surface area contributed by atoms with Crippen LogP contribution in [0.5, 0.6) is 0 Å². The summed E-state index contributed by atoms with van der Waals surface area (Å²) in [6.07, 6.45) is 4.80. The zero-order valence-corrected chi connectivity index (χ0v) is 15.1. The van der Waals surface area contributed by atoms with Gasteiger partial charge in [-0.3, -0.25) is 4.79 Å². The van der Waals surface area contributed by atoms with Crippen molar-refractivity contribution in [2.45, 2.75) is 49.6 Å². The molecule has 4 heteroatoms. The number of piperidine rings is 1. The van der Waals surface area contributed by atoms with Crippen LogP contribution in [0.2, 0.25) is 0 Å². The van der Waals surface area contributed by atoms with Crippen molar-refractivity contribution in [1.29, 1.82) is 0 Å². The van der Waals surface area contributed by atoms with Crippen LogP contribution in [0, 0.1) is 17.3 Å². The van der Waals surface area contributed by atoms with Gasteiger partial charge in [0.15, 0.2) is 0 Å². The van der Waals surface area contributed by atoms with Gasteiger partial charge in [0.05, 0.1) is 37.1 Å². The van der Waals surface area contributed by atoms with Gasteiger partial charge >= 0.3 is 5.97 Å². The van der Waals surface area contributed by atoms with E-state index >= 15 is 0 Å². The van der Waals surface area contributed by atoms with E-state index in [1.165, 1.54) is 43.6 Å². The third-order valence-corrected chi connectivity index (χ3v) is 9.11. The fourth-order valence-corrected chi connectivity index (χ4v) is 8.69. The quantitative estimate of drug-likeness (QED) is 0.760. The first-order valence-electron chi connectivity index (χ1n) is 9.92. The van der Waals surface area contributed by atoms with Gasteiger partial charge in [-0.15, -0.1) is 0 Å². The van der Waals surface area contributed by atoms with Gasteiger partial charge < -0.3 is 15.0 Å². The number of hydrogen-bond acceptors (Lipinski definition) is 3. The number of ether oxygens (including phenoxy) is 1. The average molecular weight is 339 g/mol. The summed E-state index contributed by atoms with van der Waals surface area (Å²) in [5.41, 5.74) is 3.00. The number of para-hydroxylation sites is 1. The van der Waals surface area contributed by atoms with Gasteiger partial charge in [0.25, 0.3) is 0 Å². The number of nitrogens with one attached hydrogen (secondary N) is 2. The second-order valence-corrected chi connectivity index (χ2v) is 9.19. The Morgan fingerprint density at radius 1 is 1.28 bits per heavy atom. The molecule has 1 aromatic rings. The molecule has 3 heterocycles. The number of quaternary nitrogens is 1. The topological polar surface area (TPSA) is 42.8 Å². The number of carbonyl (C=O) groups is 1. The SMILES string of the molecule is COC(=O)[C@H]1C[C@@]23CCC[NH+]4CC[C@@]5(c6ccccc6N[C@]15[C@@H]2C)[C@@H]43. The molecular formula is C21H27N2O2+. The first kappa shape index (κ1) is 14.6. The first-order chi connectivity index (χ1) is 12.1. The number of benzene rings is 1. The summed E-state index contributed by atoms with van der Waals surface area (Å²) in [4.78, 5) is 14.7. The van der Waals surface area contributed by atoms with Crippen LogP contribution in [0.15, 0.2) is 24.3 Å². The predicted molar refractivity (Wildman–Crippen MR) is 94.5 cm³/mol. The van der Waals surface area contributed by atoms with Crippen LogP contribution >= 0.6 is 0 Å². The van der Waals surface area contributed by atoms with Crippen molar-refractivity contribution in [3.63, 3.8) is 0 Å². The van der Waals surface area contributed by atoms with Gasteiger partial charge in [0.2, 0.25) is 0 Å². The molecule has 1 unspecified atom stereocenters. The zero-order valence-electron chi connectivity index (χ0n) is 15.1. The molecule has 2 N–H and O–H groups in total. The Bertz CT molecular complexity index is 794. The molecule has 25 heavy (non-hydrogen) atoms. The van der Waals surface area contributed by atoms with Crippen LogP contribution in [0.25, 0.3) is 0 Å². The van der Waals surface area contributed by atoms with Crippen LogP contribution < -0.4 is 10.2 Å². The van der Waals surface area contributed by atoms with Crippen LogP contribution in [-0.4, -0.2) is 37.7 Å². The van der Waals surface area contributed by atoms with Gasteiger partial charge in [-0.05, 0) is 36.8 Å². The Kier molecular flexibility index (Phi) is 2.47. The summed E-state index contributed by atoms with van der Waals surface area (Å²) < 4.78 is 5.33. The van der Waals surface area contributed by atoms with Crippen molar-refractivity contribution in [1.82, 2.24) is 0 Å². The third kappa shape index (κ3) is 1.23. The van der Waals surface area contributed by atoms with Gasteiger partial charge in [-0.1, -0.05) is 25.1 Å². The Morgan fingerprint density at radius 2 is 2.12 bits per heavy atom. The molecule has 0 aromatic heterocycles. The number of anilines is 1. The van der Waals surface area contributed by atoms with E-state index in [-0.39, 0.29) is 22.8 Å². The summed E-state index contributed by atoms with van der Waals surface area (Å²) in [6, 6.07) is 9.54. The van der Waals surface area contributed by atoms with Crippen molar-refractivity contribution in [2.75, 3.05) is 25.5 Å². The molecule has 3 spiro atoms. The molecule has 4 fully saturated rings. The summed E-state index contributed by atoms with van der Waals surface area (Å²) >= 11 is 0. The molecule has 2 bridgehead atoms. The molecule has 1 aromatic carbocycles. The number of hydrogen-bond donors (Lipinski definition) is 2. The molecule has 2 saturated carbocycles. The Balaban J connectivity index is 1.67. The van der Waals surface area contributed by atoms with Crippen LogP contribution in [0.4, 0.5) is 5.69 Å². The van der Waals surface area contributed by atoms with E-state index in [4.69, 9.17) is 4.74 Å². The fraction of sp³-hybridized carbons (Fsp3) is 0.667. The number of esters is 1. The number of carbonyl (C=O) groups excluding carboxylic acids is 1. The molecule has 5 aliphatic rings. The van der Waals surface area contributed by atoms with E-state index in [2.05, 4.69) is 36.5 Å². The lowest BCUT2D eigenvalue weighted by molar-refractivity contribution is -0.928. The van der Waals surface area contributed by atoms with E-state index in [0.717, 1.165) is 6.42 Å². The second kappa shape index (κ2) is 4.22. The third-order valence-electron chi connectivity index (χ3n) is 9.11. The largest absolute Gasteiger partial charge is 0.469 e. The van der Waals surface area contributed by atoms with Crippen molar-refractivity contribution in [3.05, 3.63) is 29.8 Å². The minimum absolute atomic E-state index is 0.000814. The highest BCUT2D eigenvalue weighted by Gasteiger charge is 2.88. The van der Waals surface area contributed by atoms with E-state index in [1.807, 2.05) is 4.90 Å². The Labute approximate surface area is 148 Å². The summed E-state index contributed by atoms with van der Waals surface area (Å²) in [6.45, 7) is 5.00. The maximum Gasteiger partial charge on any atom is 0.311 e. The molecule has 2 aliphatic carbocycles. The molecular weight excluding hydrogens is 312 g/mol. The van der Waals surface area contributed by atoms with Crippen LogP contribution in [0.1, 0.15) is 38.2 Å². The molecule has 4 nitrogen and oxygen atoms in total. The van der Waals surface area contributed by atoms with E-state index in [0.29, 0.717) is 17.4 Å². The fourth-order valence-electron chi connectivity index (χ4n) is 8.69. The van der Waals surface area contributed by atoms with Crippen molar-refractivity contribution in [2.24, 2.45) is 17.3 Å². The molecule has 3 aliphatic heterocycles. The highest BCUT2D eigenvalue weighted by atomic mass is 16.5. The minimum atomic E-state index is -0.152. The van der Waals surface area contributed by atoms with Crippen molar-refractivity contribution < 1.29 is 14.4 Å².